The SMILES string of the molecule is CCN(CC)S(=O)(=O)c1cccc(S(=O)(=O)NC(C(=O)O)C(C)C)c1. The Morgan fingerprint density at radius 3 is 2.08 bits per heavy atom. The first-order valence-electron chi connectivity index (χ1n) is 7.82. The lowest BCUT2D eigenvalue weighted by Gasteiger charge is -2.20. The van der Waals surface area contributed by atoms with E-state index in [0.29, 0.717) is 0 Å². The average Bonchev–Trinajstić information content (AvgIpc) is 2.53. The summed E-state index contributed by atoms with van der Waals surface area (Å²) in [7, 11) is -8.01. The molecule has 0 fully saturated rings. The van der Waals surface area contributed by atoms with Crippen LogP contribution in [0.2, 0.25) is 0 Å². The van der Waals surface area contributed by atoms with Gasteiger partial charge < -0.3 is 5.11 Å². The molecule has 1 rings (SSSR count). The summed E-state index contributed by atoms with van der Waals surface area (Å²) in [5.41, 5.74) is 0. The zero-order valence-electron chi connectivity index (χ0n) is 14.6. The Morgan fingerprint density at radius 2 is 1.64 bits per heavy atom. The van der Waals surface area contributed by atoms with Crippen LogP contribution in [0, 0.1) is 5.92 Å². The molecule has 0 bridgehead atoms. The zero-order chi connectivity index (χ0) is 19.4. The summed E-state index contributed by atoms with van der Waals surface area (Å²) in [6, 6.07) is 3.57. The van der Waals surface area contributed by atoms with Crippen molar-refractivity contribution in [1.29, 1.82) is 0 Å². The Morgan fingerprint density at radius 1 is 1.12 bits per heavy atom. The summed E-state index contributed by atoms with van der Waals surface area (Å²) >= 11 is 0. The summed E-state index contributed by atoms with van der Waals surface area (Å²) in [6.45, 7) is 7.02. The molecule has 8 nitrogen and oxygen atoms in total. The number of nitrogens with zero attached hydrogens (tertiary/aromatic N) is 1. The summed E-state index contributed by atoms with van der Waals surface area (Å²) in [5, 5.41) is 9.14. The molecule has 0 aliphatic rings. The Kier molecular flexibility index (Phi) is 7.12. The molecule has 0 saturated carbocycles. The normalized spacial score (nSPS) is 14.0. The third-order valence-corrected chi connectivity index (χ3v) is 7.16. The second-order valence-corrected chi connectivity index (χ2v) is 9.40. The molecule has 0 amide bonds. The van der Waals surface area contributed by atoms with Gasteiger partial charge in [0.1, 0.15) is 6.04 Å². The van der Waals surface area contributed by atoms with Gasteiger partial charge in [0.15, 0.2) is 0 Å². The van der Waals surface area contributed by atoms with Crippen molar-refractivity contribution in [2.24, 2.45) is 5.92 Å². The Balaban J connectivity index is 3.30. The molecule has 10 heteroatoms. The Labute approximate surface area is 149 Å². The van der Waals surface area contributed by atoms with Gasteiger partial charge >= 0.3 is 5.97 Å². The van der Waals surface area contributed by atoms with E-state index in [9.17, 15) is 21.6 Å². The topological polar surface area (TPSA) is 121 Å². The van der Waals surface area contributed by atoms with Gasteiger partial charge in [-0.25, -0.2) is 16.8 Å². The van der Waals surface area contributed by atoms with E-state index in [-0.39, 0.29) is 22.9 Å². The fourth-order valence-electron chi connectivity index (χ4n) is 2.22. The van der Waals surface area contributed by atoms with Crippen LogP contribution >= 0.6 is 0 Å². The van der Waals surface area contributed by atoms with Gasteiger partial charge in [0.05, 0.1) is 9.79 Å². The van der Waals surface area contributed by atoms with Crippen LogP contribution in [0.4, 0.5) is 0 Å². The quantitative estimate of drug-likeness (QED) is 0.649. The van der Waals surface area contributed by atoms with Crippen molar-refractivity contribution in [3.05, 3.63) is 24.3 Å². The standard InChI is InChI=1S/C15H24N2O6S2/c1-5-17(6-2)25(22,23)13-9-7-8-12(10-13)24(20,21)16-14(11(3)4)15(18)19/h7-11,14,16H,5-6H2,1-4H3,(H,18,19). The summed E-state index contributed by atoms with van der Waals surface area (Å²) in [4.78, 5) is 10.8. The molecular formula is C15H24N2O6S2. The molecule has 1 aromatic rings. The molecule has 0 radical (unpaired) electrons. The van der Waals surface area contributed by atoms with Crippen molar-refractivity contribution in [1.82, 2.24) is 9.03 Å². The predicted molar refractivity (Wildman–Crippen MR) is 93.1 cm³/mol. The molecule has 1 unspecified atom stereocenters. The lowest BCUT2D eigenvalue weighted by Crippen LogP contribution is -2.44. The van der Waals surface area contributed by atoms with Crippen molar-refractivity contribution in [2.45, 2.75) is 43.5 Å². The van der Waals surface area contributed by atoms with Crippen LogP contribution < -0.4 is 4.72 Å². The van der Waals surface area contributed by atoms with Crippen molar-refractivity contribution in [3.8, 4) is 0 Å². The minimum Gasteiger partial charge on any atom is -0.480 e. The van der Waals surface area contributed by atoms with Gasteiger partial charge in [0.2, 0.25) is 20.0 Å². The lowest BCUT2D eigenvalue weighted by molar-refractivity contribution is -0.140. The lowest BCUT2D eigenvalue weighted by atomic mass is 10.1. The maximum Gasteiger partial charge on any atom is 0.322 e. The van der Waals surface area contributed by atoms with Gasteiger partial charge in [0.25, 0.3) is 0 Å². The number of sulfonamides is 2. The predicted octanol–water partition coefficient (Wildman–Crippen LogP) is 1.10. The highest BCUT2D eigenvalue weighted by Gasteiger charge is 2.29. The van der Waals surface area contributed by atoms with E-state index < -0.39 is 38.0 Å². The first-order valence-corrected chi connectivity index (χ1v) is 10.7. The van der Waals surface area contributed by atoms with Gasteiger partial charge in [0, 0.05) is 13.1 Å². The molecule has 0 aliphatic heterocycles. The van der Waals surface area contributed by atoms with E-state index in [1.54, 1.807) is 27.7 Å². The molecule has 25 heavy (non-hydrogen) atoms. The van der Waals surface area contributed by atoms with Crippen LogP contribution in [0.5, 0.6) is 0 Å². The molecule has 142 valence electrons. The summed E-state index contributed by atoms with van der Waals surface area (Å²) in [6.07, 6.45) is 0. The van der Waals surface area contributed by atoms with Crippen molar-refractivity contribution >= 4 is 26.0 Å². The van der Waals surface area contributed by atoms with E-state index in [4.69, 9.17) is 5.11 Å². The van der Waals surface area contributed by atoms with Crippen LogP contribution in [0.3, 0.4) is 0 Å². The molecule has 2 N–H and O–H groups in total. The van der Waals surface area contributed by atoms with E-state index >= 15 is 0 Å². The van der Waals surface area contributed by atoms with Crippen molar-refractivity contribution in [3.63, 3.8) is 0 Å². The van der Waals surface area contributed by atoms with E-state index in [2.05, 4.69) is 4.72 Å². The highest BCUT2D eigenvalue weighted by atomic mass is 32.2. The highest BCUT2D eigenvalue weighted by Crippen LogP contribution is 2.20. The zero-order valence-corrected chi connectivity index (χ0v) is 16.3. The van der Waals surface area contributed by atoms with Gasteiger partial charge in [-0.1, -0.05) is 33.8 Å². The number of hydrogen-bond acceptors (Lipinski definition) is 5. The van der Waals surface area contributed by atoms with E-state index in [1.807, 2.05) is 0 Å². The van der Waals surface area contributed by atoms with Crippen LogP contribution in [-0.2, 0) is 24.8 Å². The Bertz CT molecular complexity index is 814. The minimum absolute atomic E-state index is 0.157. The number of carboxylic acid groups (broad SMARTS) is 1. The number of benzene rings is 1. The molecular weight excluding hydrogens is 368 g/mol. The van der Waals surface area contributed by atoms with Crippen LogP contribution in [0.25, 0.3) is 0 Å². The largest absolute Gasteiger partial charge is 0.480 e. The number of nitrogens with one attached hydrogen (secondary N) is 1. The van der Waals surface area contributed by atoms with Gasteiger partial charge in [-0.3, -0.25) is 4.79 Å². The minimum atomic E-state index is -4.19. The van der Waals surface area contributed by atoms with E-state index in [1.165, 1.54) is 22.5 Å². The maximum absolute atomic E-state index is 12.5. The molecule has 1 aromatic carbocycles. The van der Waals surface area contributed by atoms with E-state index in [0.717, 1.165) is 6.07 Å². The summed E-state index contributed by atoms with van der Waals surface area (Å²) in [5.74, 6) is -1.78. The van der Waals surface area contributed by atoms with Crippen molar-refractivity contribution < 1.29 is 26.7 Å². The molecule has 0 heterocycles. The molecule has 1 atom stereocenters. The number of aliphatic carboxylic acids is 1. The third-order valence-electron chi connectivity index (χ3n) is 3.67. The number of hydrogen-bond donors (Lipinski definition) is 2. The molecule has 0 aromatic heterocycles. The first-order chi connectivity index (χ1) is 11.5. The van der Waals surface area contributed by atoms with Gasteiger partial charge in [-0.15, -0.1) is 0 Å². The molecule has 0 saturated heterocycles. The smallest absolute Gasteiger partial charge is 0.322 e. The van der Waals surface area contributed by atoms with Crippen LogP contribution in [-0.4, -0.2) is 51.3 Å². The number of carbonyl (C=O) groups is 1. The summed E-state index contributed by atoms with van der Waals surface area (Å²) < 4.78 is 53.3. The van der Waals surface area contributed by atoms with Crippen molar-refractivity contribution in [2.75, 3.05) is 13.1 Å². The second-order valence-electron chi connectivity index (χ2n) is 5.75. The fourth-order valence-corrected chi connectivity index (χ4v) is 5.18. The second kappa shape index (κ2) is 8.26. The maximum atomic E-state index is 12.5. The molecule has 0 spiro atoms. The van der Waals surface area contributed by atoms with Gasteiger partial charge in [-0.2, -0.15) is 9.03 Å². The van der Waals surface area contributed by atoms with Crippen LogP contribution in [0.15, 0.2) is 34.1 Å². The number of carboxylic acids is 1. The monoisotopic (exact) mass is 392 g/mol. The Hall–Kier alpha value is -1.49. The van der Waals surface area contributed by atoms with Gasteiger partial charge in [-0.05, 0) is 24.1 Å². The van der Waals surface area contributed by atoms with Crippen LogP contribution in [0.1, 0.15) is 27.7 Å². The fraction of sp³-hybridized carbons (Fsp3) is 0.533. The third kappa shape index (κ3) is 5.00. The number of rotatable bonds is 9. The first kappa shape index (κ1) is 21.6. The highest BCUT2D eigenvalue weighted by molar-refractivity contribution is 7.90. The molecule has 0 aliphatic carbocycles. The average molecular weight is 392 g/mol.